The summed E-state index contributed by atoms with van der Waals surface area (Å²) in [4.78, 5) is 73.7. The predicted molar refractivity (Wildman–Crippen MR) is 272 cm³/mol. The maximum Gasteiger partial charge on any atom is 0.246 e. The van der Waals surface area contributed by atoms with Crippen LogP contribution in [0.25, 0.3) is 32.7 Å². The Bertz CT molecular complexity index is 2660. The fourth-order valence-corrected chi connectivity index (χ4v) is 9.73. The van der Waals surface area contributed by atoms with Crippen LogP contribution in [-0.4, -0.2) is 160 Å². The SMILES string of the molecule is Cc1ncsc1-c1ccc([C@H](C)NC(=O)[C@@H]2C[C@@H](O)CN2C(=O)[C@@H](NC(=O)CCOCCOCCOCCC(=O)N2CCN(c3cc(-c4n[nH]c5ccc(OC6(C)CC6)cc45)ncn3)CC2)C(C)(C)C)cc1. The van der Waals surface area contributed by atoms with E-state index in [0.717, 1.165) is 62.7 Å². The molecule has 4 amide bonds. The number of piperazine rings is 1. The largest absolute Gasteiger partial charge is 0.488 e. The number of hydrogen-bond acceptors (Lipinski definition) is 15. The first-order valence-corrected chi connectivity index (χ1v) is 25.8. The molecular formula is C52H68N10O9S. The first-order chi connectivity index (χ1) is 34.5. The second-order valence-electron chi connectivity index (χ2n) is 20.2. The van der Waals surface area contributed by atoms with E-state index in [4.69, 9.17) is 18.9 Å². The minimum absolute atomic E-state index is 0.0132. The van der Waals surface area contributed by atoms with E-state index in [1.165, 1.54) is 4.90 Å². The number of aromatic amines is 1. The maximum atomic E-state index is 14.0. The molecule has 3 aromatic heterocycles. The Labute approximate surface area is 424 Å². The second-order valence-corrected chi connectivity index (χ2v) is 21.0. The quantitative estimate of drug-likeness (QED) is 0.0652. The molecule has 0 unspecified atom stereocenters. The van der Waals surface area contributed by atoms with Crippen molar-refractivity contribution in [3.8, 4) is 27.6 Å². The Hall–Kier alpha value is -6.06. The highest BCUT2D eigenvalue weighted by Crippen LogP contribution is 2.41. The van der Waals surface area contributed by atoms with Crippen LogP contribution in [0.5, 0.6) is 5.75 Å². The van der Waals surface area contributed by atoms with Crippen LogP contribution in [0.15, 0.2) is 60.4 Å². The molecular weight excluding hydrogens is 941 g/mol. The van der Waals surface area contributed by atoms with Gasteiger partial charge in [0.1, 0.15) is 41.3 Å². The number of H-pyrrole nitrogens is 1. The number of aliphatic hydroxyl groups excluding tert-OH is 1. The molecule has 0 bridgehead atoms. The number of ether oxygens (including phenoxy) is 4. The van der Waals surface area contributed by atoms with Gasteiger partial charge in [-0.2, -0.15) is 5.10 Å². The molecule has 4 atom stereocenters. The Morgan fingerprint density at radius 1 is 0.889 bits per heavy atom. The van der Waals surface area contributed by atoms with E-state index in [-0.39, 0.29) is 81.6 Å². The monoisotopic (exact) mass is 1010 g/mol. The molecule has 0 spiro atoms. The third kappa shape index (κ3) is 13.3. The molecule has 5 aromatic rings. The van der Waals surface area contributed by atoms with Gasteiger partial charge < -0.3 is 49.4 Å². The van der Waals surface area contributed by atoms with Crippen molar-refractivity contribution in [3.05, 3.63) is 71.6 Å². The highest BCUT2D eigenvalue weighted by Gasteiger charge is 2.45. The van der Waals surface area contributed by atoms with Gasteiger partial charge in [0.25, 0.3) is 0 Å². The minimum Gasteiger partial charge on any atom is -0.488 e. The Morgan fingerprint density at radius 3 is 2.25 bits per heavy atom. The molecule has 2 aromatic carbocycles. The Balaban J connectivity index is 0.682. The van der Waals surface area contributed by atoms with Gasteiger partial charge in [-0.25, -0.2) is 15.0 Å². The molecule has 1 saturated carbocycles. The molecule has 0 radical (unpaired) electrons. The molecule has 4 N–H and O–H groups in total. The maximum absolute atomic E-state index is 14.0. The second kappa shape index (κ2) is 23.2. The van der Waals surface area contributed by atoms with Crippen LogP contribution in [0.4, 0.5) is 5.82 Å². The van der Waals surface area contributed by atoms with Gasteiger partial charge in [-0.15, -0.1) is 11.3 Å². The van der Waals surface area contributed by atoms with Crippen LogP contribution < -0.4 is 20.3 Å². The standard InChI is InChI=1S/C52H68N10O9S/c1-33(35-7-9-36(10-8-35)47-34(2)55-32-72-47)56-49(66)42-27-37(63)30-62(42)50(67)48(51(3,4)5)57-44(64)13-21-68-23-25-70-26-24-69-22-14-45(65)61-19-17-60(18-20-61)43-29-41(53-31-54-43)46-39-28-38(71-52(6)15-16-52)11-12-40(39)58-59-46/h7-12,28-29,31-33,37,42,48,63H,13-27,30H2,1-6H3,(H,56,66)(H,57,64)(H,58,59)/t33-,37+,42-,48+/m0/s1. The van der Waals surface area contributed by atoms with Gasteiger partial charge in [-0.05, 0) is 68.4 Å². The molecule has 2 saturated heterocycles. The molecule has 20 heteroatoms. The van der Waals surface area contributed by atoms with Crippen molar-refractivity contribution in [2.75, 3.05) is 77.3 Å². The molecule has 386 valence electrons. The zero-order valence-electron chi connectivity index (χ0n) is 42.1. The van der Waals surface area contributed by atoms with Crippen LogP contribution in [0, 0.1) is 12.3 Å². The molecule has 3 aliphatic rings. The average molecular weight is 1010 g/mol. The summed E-state index contributed by atoms with van der Waals surface area (Å²) in [5, 5.41) is 25.1. The molecule has 19 nitrogen and oxygen atoms in total. The lowest BCUT2D eigenvalue weighted by Crippen LogP contribution is -2.58. The lowest BCUT2D eigenvalue weighted by Gasteiger charge is -2.35. The number of thiazole rings is 1. The van der Waals surface area contributed by atoms with Crippen LogP contribution in [0.1, 0.15) is 84.0 Å². The van der Waals surface area contributed by atoms with Gasteiger partial charge in [-0.3, -0.25) is 24.3 Å². The zero-order chi connectivity index (χ0) is 51.0. The number of β-amino-alcohol motifs (C(OH)–C–C–N with tert-alkyl or cyclic N) is 1. The van der Waals surface area contributed by atoms with Crippen molar-refractivity contribution in [2.45, 2.75) is 103 Å². The van der Waals surface area contributed by atoms with Crippen LogP contribution in [0.3, 0.4) is 0 Å². The number of nitrogens with one attached hydrogen (secondary N) is 3. The number of amides is 4. The van der Waals surface area contributed by atoms with Crippen molar-refractivity contribution in [3.63, 3.8) is 0 Å². The molecule has 1 aliphatic carbocycles. The van der Waals surface area contributed by atoms with E-state index in [2.05, 4.69) is 47.6 Å². The topological polar surface area (TPSA) is 227 Å². The average Bonchev–Trinajstić information content (AvgIpc) is 3.65. The van der Waals surface area contributed by atoms with Crippen LogP contribution in [0.2, 0.25) is 0 Å². The smallest absolute Gasteiger partial charge is 0.246 e. The number of aliphatic hydroxyl groups is 1. The molecule has 2 aliphatic heterocycles. The van der Waals surface area contributed by atoms with Gasteiger partial charge in [-0.1, -0.05) is 45.0 Å². The van der Waals surface area contributed by atoms with Gasteiger partial charge in [0.05, 0.1) is 85.5 Å². The van der Waals surface area contributed by atoms with E-state index in [1.54, 1.807) is 17.7 Å². The fraction of sp³-hybridized carbons (Fsp3) is 0.538. The fourth-order valence-electron chi connectivity index (χ4n) is 8.92. The predicted octanol–water partition coefficient (Wildman–Crippen LogP) is 5.23. The Morgan fingerprint density at radius 2 is 1.58 bits per heavy atom. The number of aryl methyl sites for hydroxylation is 1. The van der Waals surface area contributed by atoms with E-state index < -0.39 is 29.5 Å². The highest BCUT2D eigenvalue weighted by molar-refractivity contribution is 7.13. The van der Waals surface area contributed by atoms with Gasteiger partial charge in [0.15, 0.2) is 0 Å². The van der Waals surface area contributed by atoms with Crippen LogP contribution in [-0.2, 0) is 33.4 Å². The summed E-state index contributed by atoms with van der Waals surface area (Å²) in [6.45, 7) is 15.5. The number of nitrogens with zero attached hydrogens (tertiary/aromatic N) is 7. The summed E-state index contributed by atoms with van der Waals surface area (Å²) >= 11 is 1.57. The van der Waals surface area contributed by atoms with Crippen molar-refractivity contribution in [1.29, 1.82) is 0 Å². The van der Waals surface area contributed by atoms with Crippen molar-refractivity contribution in [2.24, 2.45) is 5.41 Å². The summed E-state index contributed by atoms with van der Waals surface area (Å²) in [7, 11) is 0. The van der Waals surface area contributed by atoms with Gasteiger partial charge >= 0.3 is 0 Å². The molecule has 72 heavy (non-hydrogen) atoms. The summed E-state index contributed by atoms with van der Waals surface area (Å²) < 4.78 is 23.1. The number of hydrogen-bond donors (Lipinski definition) is 4. The van der Waals surface area contributed by atoms with Gasteiger partial charge in [0.2, 0.25) is 23.6 Å². The molecule has 8 rings (SSSR count). The third-order valence-corrected chi connectivity index (χ3v) is 14.4. The lowest BCUT2D eigenvalue weighted by atomic mass is 9.85. The number of rotatable bonds is 22. The van der Waals surface area contributed by atoms with Crippen molar-refractivity contribution >= 4 is 51.7 Å². The summed E-state index contributed by atoms with van der Waals surface area (Å²) in [5.74, 6) is 0.458. The van der Waals surface area contributed by atoms with Gasteiger partial charge in [0, 0.05) is 57.0 Å². The first kappa shape index (κ1) is 52.3. The number of benzene rings is 2. The van der Waals surface area contributed by atoms with Crippen molar-refractivity contribution in [1.82, 2.24) is 45.6 Å². The third-order valence-electron chi connectivity index (χ3n) is 13.4. The summed E-state index contributed by atoms with van der Waals surface area (Å²) in [6, 6.07) is 13.6. The summed E-state index contributed by atoms with van der Waals surface area (Å²) in [6.07, 6.45) is 3.15. The van der Waals surface area contributed by atoms with Crippen LogP contribution >= 0.6 is 11.3 Å². The minimum atomic E-state index is -0.944. The normalized spacial score (nSPS) is 18.5. The molecule has 3 fully saturated rings. The van der Waals surface area contributed by atoms with E-state index in [1.807, 2.05) is 93.6 Å². The summed E-state index contributed by atoms with van der Waals surface area (Å²) in [5.41, 5.74) is 6.30. The molecule has 5 heterocycles. The van der Waals surface area contributed by atoms with E-state index in [9.17, 15) is 24.3 Å². The van der Waals surface area contributed by atoms with E-state index in [0.29, 0.717) is 45.1 Å². The number of aromatic nitrogens is 5. The number of anilines is 1. The zero-order valence-corrected chi connectivity index (χ0v) is 43.0. The van der Waals surface area contributed by atoms with E-state index >= 15 is 0 Å². The Kier molecular flexibility index (Phi) is 16.9. The number of likely N-dealkylation sites (tertiary alicyclic amines) is 1. The first-order valence-electron chi connectivity index (χ1n) is 24.9. The number of fused-ring (bicyclic) bond motifs is 1. The number of carbonyl (C=O) groups excluding carboxylic acids is 4. The van der Waals surface area contributed by atoms with Crippen molar-refractivity contribution < 1.29 is 43.2 Å². The lowest BCUT2D eigenvalue weighted by molar-refractivity contribution is -0.144. The number of carbonyl (C=O) groups is 4. The highest BCUT2D eigenvalue weighted by atomic mass is 32.1.